The highest BCUT2D eigenvalue weighted by molar-refractivity contribution is 14.0. The van der Waals surface area contributed by atoms with Crippen molar-refractivity contribution in [3.63, 3.8) is 0 Å². The molecule has 6 nitrogen and oxygen atoms in total. The summed E-state index contributed by atoms with van der Waals surface area (Å²) in [5.41, 5.74) is 1.16. The molecule has 0 aliphatic rings. The summed E-state index contributed by atoms with van der Waals surface area (Å²) in [7, 11) is 3.47. The van der Waals surface area contributed by atoms with Crippen LogP contribution in [0, 0.1) is 0 Å². The van der Waals surface area contributed by atoms with E-state index in [1.807, 2.05) is 11.4 Å². The third-order valence-corrected chi connectivity index (χ3v) is 5.94. The van der Waals surface area contributed by atoms with E-state index in [-0.39, 0.29) is 41.8 Å². The lowest BCUT2D eigenvalue weighted by Crippen LogP contribution is -2.39. The second kappa shape index (κ2) is 11.7. The number of aliphatic imine (C=N–C) groups is 1. The van der Waals surface area contributed by atoms with Crippen LogP contribution in [0.2, 0.25) is 0 Å². The highest BCUT2D eigenvalue weighted by atomic mass is 127. The zero-order valence-corrected chi connectivity index (χ0v) is 21.1. The molecule has 0 unspecified atom stereocenters. The number of likely N-dealkylation sites (N-methyl/N-ethyl adjacent to an activating group) is 1. The van der Waals surface area contributed by atoms with Gasteiger partial charge in [0.1, 0.15) is 6.54 Å². The molecule has 0 saturated carbocycles. The molecule has 156 valence electrons. The van der Waals surface area contributed by atoms with Crippen LogP contribution in [-0.2, 0) is 23.2 Å². The Bertz CT molecular complexity index is 751. The Kier molecular flexibility index (Phi) is 10.4. The number of carbonyl (C=O) groups excluding carboxylic acids is 1. The largest absolute Gasteiger partial charge is 0.356 e. The fraction of sp³-hybridized carbons (Fsp3) is 0.526. The summed E-state index contributed by atoms with van der Waals surface area (Å²) in [6.45, 7) is 8.04. The number of nitrogens with zero attached hydrogens (tertiary/aromatic N) is 3. The van der Waals surface area contributed by atoms with Crippen molar-refractivity contribution in [2.24, 2.45) is 4.99 Å². The van der Waals surface area contributed by atoms with E-state index in [1.54, 1.807) is 41.7 Å². The maximum Gasteiger partial charge on any atom is 0.243 e. The van der Waals surface area contributed by atoms with Crippen LogP contribution in [0.3, 0.4) is 0 Å². The van der Waals surface area contributed by atoms with Crippen molar-refractivity contribution >= 4 is 58.5 Å². The van der Waals surface area contributed by atoms with Gasteiger partial charge in [-0.1, -0.05) is 26.8 Å². The summed E-state index contributed by atoms with van der Waals surface area (Å²) in [4.78, 5) is 23.7. The number of thiophene rings is 1. The fourth-order valence-corrected chi connectivity index (χ4v) is 3.71. The number of hydrogen-bond acceptors (Lipinski definition) is 5. The van der Waals surface area contributed by atoms with E-state index in [0.29, 0.717) is 19.0 Å². The van der Waals surface area contributed by atoms with Crippen LogP contribution in [0.15, 0.2) is 27.9 Å². The minimum absolute atomic E-state index is 0. The Hall–Kier alpha value is -1.20. The molecule has 1 amide bonds. The lowest BCUT2D eigenvalue weighted by molar-refractivity contribution is -0.127. The number of nitrogens with one attached hydrogen (secondary N) is 2. The number of hydrogen-bond donors (Lipinski definition) is 2. The summed E-state index contributed by atoms with van der Waals surface area (Å²) < 4.78 is 0. The Morgan fingerprint density at radius 3 is 2.57 bits per heavy atom. The highest BCUT2D eigenvalue weighted by Crippen LogP contribution is 2.25. The number of rotatable bonds is 7. The summed E-state index contributed by atoms with van der Waals surface area (Å²) in [5, 5.41) is 11.9. The van der Waals surface area contributed by atoms with Crippen molar-refractivity contribution in [3.8, 4) is 0 Å². The van der Waals surface area contributed by atoms with Crippen molar-refractivity contribution in [2.75, 3.05) is 27.2 Å². The first-order chi connectivity index (χ1) is 12.8. The van der Waals surface area contributed by atoms with Gasteiger partial charge in [-0.3, -0.25) is 4.79 Å². The van der Waals surface area contributed by atoms with Gasteiger partial charge in [0.15, 0.2) is 5.96 Å². The van der Waals surface area contributed by atoms with Crippen molar-refractivity contribution in [3.05, 3.63) is 38.5 Å². The van der Waals surface area contributed by atoms with Crippen LogP contribution >= 0.6 is 46.7 Å². The van der Waals surface area contributed by atoms with Crippen molar-refractivity contribution in [2.45, 2.75) is 39.2 Å². The van der Waals surface area contributed by atoms with Gasteiger partial charge in [-0.05, 0) is 11.4 Å². The molecule has 0 bridgehead atoms. The topological polar surface area (TPSA) is 69.6 Å². The zero-order chi connectivity index (χ0) is 19.9. The Balaban J connectivity index is 0.00000392. The van der Waals surface area contributed by atoms with Crippen molar-refractivity contribution in [1.82, 2.24) is 20.5 Å². The first-order valence-electron chi connectivity index (χ1n) is 8.95. The number of halogens is 1. The lowest BCUT2D eigenvalue weighted by atomic mass is 9.98. The SMILES string of the molecule is CN(C)C(=O)CN=C(NCCc1csc(C(C)(C)C)n1)NCc1cccs1.I. The van der Waals surface area contributed by atoms with Gasteiger partial charge in [0.2, 0.25) is 5.91 Å². The Morgan fingerprint density at radius 1 is 1.25 bits per heavy atom. The van der Waals surface area contributed by atoms with E-state index in [2.05, 4.69) is 47.8 Å². The van der Waals surface area contributed by atoms with Crippen LogP contribution in [-0.4, -0.2) is 48.9 Å². The first kappa shape index (κ1) is 24.8. The lowest BCUT2D eigenvalue weighted by Gasteiger charge is -2.14. The monoisotopic (exact) mass is 535 g/mol. The van der Waals surface area contributed by atoms with Crippen LogP contribution in [0.1, 0.15) is 36.3 Å². The maximum atomic E-state index is 11.8. The van der Waals surface area contributed by atoms with E-state index < -0.39 is 0 Å². The predicted octanol–water partition coefficient (Wildman–Crippen LogP) is 3.49. The zero-order valence-electron chi connectivity index (χ0n) is 17.1. The number of amides is 1. The molecule has 0 aliphatic carbocycles. The minimum Gasteiger partial charge on any atom is -0.356 e. The molecule has 0 aliphatic heterocycles. The van der Waals surface area contributed by atoms with Gasteiger partial charge in [-0.15, -0.1) is 46.7 Å². The van der Waals surface area contributed by atoms with E-state index in [9.17, 15) is 4.79 Å². The molecular weight excluding hydrogens is 505 g/mol. The maximum absolute atomic E-state index is 11.8. The second-order valence-corrected chi connectivity index (χ2v) is 9.35. The fourth-order valence-electron chi connectivity index (χ4n) is 2.12. The molecule has 0 aromatic carbocycles. The summed E-state index contributed by atoms with van der Waals surface area (Å²) in [5.74, 6) is 0.617. The van der Waals surface area contributed by atoms with E-state index >= 15 is 0 Å². The quantitative estimate of drug-likeness (QED) is 0.324. The summed E-state index contributed by atoms with van der Waals surface area (Å²) in [6.07, 6.45) is 0.813. The molecular formula is C19H30IN5OS2. The van der Waals surface area contributed by atoms with E-state index in [1.165, 1.54) is 4.88 Å². The molecule has 0 saturated heterocycles. The van der Waals surface area contributed by atoms with Gasteiger partial charge < -0.3 is 15.5 Å². The molecule has 0 fully saturated rings. The van der Waals surface area contributed by atoms with E-state index in [0.717, 1.165) is 17.1 Å². The average molecular weight is 536 g/mol. The molecule has 2 aromatic heterocycles. The number of carbonyl (C=O) groups is 1. The van der Waals surface area contributed by atoms with Gasteiger partial charge in [-0.25, -0.2) is 9.98 Å². The van der Waals surface area contributed by atoms with Crippen LogP contribution in [0.4, 0.5) is 0 Å². The van der Waals surface area contributed by atoms with Crippen molar-refractivity contribution in [1.29, 1.82) is 0 Å². The molecule has 9 heteroatoms. The standard InChI is InChI=1S/C19H29N5OS2.HI/c1-19(2,3)17-23-14(13-27-17)8-9-20-18(22-12-16(25)24(4)5)21-11-15-7-6-10-26-15;/h6-7,10,13H,8-9,11-12H2,1-5H3,(H2,20,21,22);1H. The predicted molar refractivity (Wildman–Crippen MR) is 130 cm³/mol. The van der Waals surface area contributed by atoms with Gasteiger partial charge in [0.25, 0.3) is 0 Å². The Labute approximate surface area is 192 Å². The van der Waals surface area contributed by atoms with Crippen molar-refractivity contribution < 1.29 is 4.79 Å². The van der Waals surface area contributed by atoms with Gasteiger partial charge in [0, 0.05) is 42.7 Å². The normalized spacial score (nSPS) is 11.7. The smallest absolute Gasteiger partial charge is 0.243 e. The van der Waals surface area contributed by atoms with Gasteiger partial charge >= 0.3 is 0 Å². The van der Waals surface area contributed by atoms with Gasteiger partial charge in [-0.2, -0.15) is 0 Å². The molecule has 2 N–H and O–H groups in total. The Morgan fingerprint density at radius 2 is 2.00 bits per heavy atom. The number of thiazole rings is 1. The van der Waals surface area contributed by atoms with E-state index in [4.69, 9.17) is 4.98 Å². The molecule has 0 radical (unpaired) electrons. The molecule has 2 aromatic rings. The van der Waals surface area contributed by atoms with Crippen LogP contribution < -0.4 is 10.6 Å². The number of guanidine groups is 1. The van der Waals surface area contributed by atoms with Crippen LogP contribution in [0.25, 0.3) is 0 Å². The molecule has 0 atom stereocenters. The molecule has 0 spiro atoms. The highest BCUT2D eigenvalue weighted by Gasteiger charge is 2.17. The van der Waals surface area contributed by atoms with Crippen LogP contribution in [0.5, 0.6) is 0 Å². The third-order valence-electron chi connectivity index (χ3n) is 3.75. The summed E-state index contributed by atoms with van der Waals surface area (Å²) >= 11 is 3.40. The molecule has 2 rings (SSSR count). The number of aromatic nitrogens is 1. The molecule has 28 heavy (non-hydrogen) atoms. The minimum atomic E-state index is -0.0263. The average Bonchev–Trinajstić information content (AvgIpc) is 3.27. The summed E-state index contributed by atoms with van der Waals surface area (Å²) in [6, 6.07) is 4.10. The first-order valence-corrected chi connectivity index (χ1v) is 10.7. The second-order valence-electron chi connectivity index (χ2n) is 7.46. The molecule has 2 heterocycles. The van der Waals surface area contributed by atoms with Gasteiger partial charge in [0.05, 0.1) is 17.2 Å². The third kappa shape index (κ3) is 8.44.